The normalized spacial score (nSPS) is 11.7. The summed E-state index contributed by atoms with van der Waals surface area (Å²) in [6.45, 7) is 5.13. The van der Waals surface area contributed by atoms with Gasteiger partial charge in [0.15, 0.2) is 11.9 Å². The van der Waals surface area contributed by atoms with Gasteiger partial charge in [0.2, 0.25) is 0 Å². The highest BCUT2D eigenvalue weighted by Crippen LogP contribution is 2.22. The highest BCUT2D eigenvalue weighted by molar-refractivity contribution is 7.12. The summed E-state index contributed by atoms with van der Waals surface area (Å²) in [7, 11) is 0. The van der Waals surface area contributed by atoms with Crippen molar-refractivity contribution in [2.24, 2.45) is 0 Å². The van der Waals surface area contributed by atoms with Gasteiger partial charge in [0.05, 0.1) is 12.1 Å². The zero-order valence-corrected chi connectivity index (χ0v) is 16.7. The summed E-state index contributed by atoms with van der Waals surface area (Å²) >= 11 is 7.17. The van der Waals surface area contributed by atoms with Crippen LogP contribution in [-0.4, -0.2) is 23.8 Å². The zero-order chi connectivity index (χ0) is 20.1. The number of nitrogens with one attached hydrogen (secondary N) is 1. The number of anilines is 1. The lowest BCUT2D eigenvalue weighted by molar-refractivity contribution is -0.153. The first kappa shape index (κ1) is 21.1. The number of ketones is 1. The molecule has 0 bridgehead atoms. The second kappa shape index (κ2) is 9.10. The van der Waals surface area contributed by atoms with Crippen molar-refractivity contribution < 1.29 is 23.5 Å². The molecule has 8 heteroatoms. The van der Waals surface area contributed by atoms with Crippen LogP contribution in [0, 0.1) is 19.7 Å². The Bertz CT molecular complexity index is 881. The summed E-state index contributed by atoms with van der Waals surface area (Å²) in [5.41, 5.74) is 0.542. The van der Waals surface area contributed by atoms with Gasteiger partial charge in [-0.1, -0.05) is 11.6 Å². The molecule has 1 N–H and O–H groups in total. The number of carbonyl (C=O) groups is 3. The SMILES string of the molecule is Cc1cc(C(=O)CCC(=O)OC(C)C(=O)Nc2ccc(Cl)cc2F)c(C)s1. The molecule has 2 aromatic rings. The van der Waals surface area contributed by atoms with Crippen LogP contribution in [0.1, 0.15) is 39.9 Å². The Labute approximate surface area is 165 Å². The third kappa shape index (κ3) is 5.87. The maximum Gasteiger partial charge on any atom is 0.307 e. The smallest absolute Gasteiger partial charge is 0.307 e. The lowest BCUT2D eigenvalue weighted by atomic mass is 10.1. The Balaban J connectivity index is 1.84. The van der Waals surface area contributed by atoms with E-state index in [4.69, 9.17) is 16.3 Å². The van der Waals surface area contributed by atoms with Crippen molar-refractivity contribution in [3.05, 3.63) is 50.4 Å². The Morgan fingerprint density at radius 3 is 2.52 bits per heavy atom. The third-order valence-electron chi connectivity index (χ3n) is 3.76. The summed E-state index contributed by atoms with van der Waals surface area (Å²) in [5.74, 6) is -2.19. The fourth-order valence-electron chi connectivity index (χ4n) is 2.39. The minimum atomic E-state index is -1.13. The third-order valence-corrected chi connectivity index (χ3v) is 4.97. The van der Waals surface area contributed by atoms with Gasteiger partial charge >= 0.3 is 5.97 Å². The molecular formula is C19H19ClFNO4S. The molecule has 0 aliphatic heterocycles. The monoisotopic (exact) mass is 411 g/mol. The molecule has 0 spiro atoms. The van der Waals surface area contributed by atoms with Crippen LogP contribution in [0.15, 0.2) is 24.3 Å². The molecule has 0 saturated carbocycles. The number of hydrogen-bond donors (Lipinski definition) is 1. The van der Waals surface area contributed by atoms with Crippen LogP contribution in [0.3, 0.4) is 0 Å². The minimum Gasteiger partial charge on any atom is -0.453 e. The Kier molecular flexibility index (Phi) is 7.10. The average Bonchev–Trinajstić information content (AvgIpc) is 2.93. The molecule has 0 aliphatic rings. The topological polar surface area (TPSA) is 72.5 Å². The van der Waals surface area contributed by atoms with Crippen molar-refractivity contribution in [3.63, 3.8) is 0 Å². The first-order valence-electron chi connectivity index (χ1n) is 8.23. The number of esters is 1. The maximum absolute atomic E-state index is 13.7. The van der Waals surface area contributed by atoms with Crippen molar-refractivity contribution in [2.75, 3.05) is 5.32 Å². The molecule has 144 valence electrons. The lowest BCUT2D eigenvalue weighted by Crippen LogP contribution is -2.30. The molecule has 0 radical (unpaired) electrons. The molecule has 0 aliphatic carbocycles. The van der Waals surface area contributed by atoms with E-state index in [0.29, 0.717) is 5.56 Å². The Morgan fingerprint density at radius 1 is 1.22 bits per heavy atom. The fraction of sp³-hybridized carbons (Fsp3) is 0.316. The van der Waals surface area contributed by atoms with Crippen molar-refractivity contribution in [1.29, 1.82) is 0 Å². The van der Waals surface area contributed by atoms with Crippen LogP contribution < -0.4 is 5.32 Å². The first-order valence-corrected chi connectivity index (χ1v) is 9.42. The first-order chi connectivity index (χ1) is 12.7. The number of carbonyl (C=O) groups excluding carboxylic acids is 3. The van der Waals surface area contributed by atoms with E-state index in [0.717, 1.165) is 15.8 Å². The number of hydrogen-bond acceptors (Lipinski definition) is 5. The number of amides is 1. The summed E-state index contributed by atoms with van der Waals surface area (Å²) in [6.07, 6.45) is -1.27. The van der Waals surface area contributed by atoms with Gasteiger partial charge in [-0.25, -0.2) is 4.39 Å². The molecule has 1 unspecified atom stereocenters. The van der Waals surface area contributed by atoms with Crippen LogP contribution in [0.2, 0.25) is 5.02 Å². The number of ether oxygens (including phenoxy) is 1. The van der Waals surface area contributed by atoms with E-state index in [2.05, 4.69) is 5.32 Å². The molecule has 27 heavy (non-hydrogen) atoms. The fourth-order valence-corrected chi connectivity index (χ4v) is 3.49. The number of Topliss-reactive ketones (excluding diaryl/α,β-unsaturated/α-hetero) is 1. The zero-order valence-electron chi connectivity index (χ0n) is 15.1. The largest absolute Gasteiger partial charge is 0.453 e. The van der Waals surface area contributed by atoms with Gasteiger partial charge in [0.25, 0.3) is 5.91 Å². The molecule has 0 saturated heterocycles. The van der Waals surface area contributed by atoms with Crippen molar-refractivity contribution in [2.45, 2.75) is 39.7 Å². The van der Waals surface area contributed by atoms with Crippen molar-refractivity contribution in [1.82, 2.24) is 0 Å². The van der Waals surface area contributed by atoms with Crippen molar-refractivity contribution >= 4 is 46.3 Å². The van der Waals surface area contributed by atoms with E-state index in [-0.39, 0.29) is 29.3 Å². The number of aryl methyl sites for hydroxylation is 2. The van der Waals surface area contributed by atoms with Crippen LogP contribution in [-0.2, 0) is 14.3 Å². The molecule has 1 atom stereocenters. The predicted molar refractivity (Wildman–Crippen MR) is 103 cm³/mol. The Morgan fingerprint density at radius 2 is 1.93 bits per heavy atom. The van der Waals surface area contributed by atoms with E-state index < -0.39 is 23.8 Å². The van der Waals surface area contributed by atoms with Crippen LogP contribution in [0.25, 0.3) is 0 Å². The highest BCUT2D eigenvalue weighted by atomic mass is 35.5. The maximum atomic E-state index is 13.7. The lowest BCUT2D eigenvalue weighted by Gasteiger charge is -2.14. The van der Waals surface area contributed by atoms with Gasteiger partial charge in [-0.05, 0) is 45.0 Å². The van der Waals surface area contributed by atoms with Gasteiger partial charge in [0.1, 0.15) is 5.82 Å². The van der Waals surface area contributed by atoms with Crippen LogP contribution in [0.5, 0.6) is 0 Å². The molecule has 0 fully saturated rings. The molecule has 1 amide bonds. The quantitative estimate of drug-likeness (QED) is 0.530. The van der Waals surface area contributed by atoms with E-state index >= 15 is 0 Å². The molecule has 2 rings (SSSR count). The van der Waals surface area contributed by atoms with Gasteiger partial charge in [-0.15, -0.1) is 11.3 Å². The number of benzene rings is 1. The van der Waals surface area contributed by atoms with E-state index in [9.17, 15) is 18.8 Å². The number of thiophene rings is 1. The molecular weight excluding hydrogens is 393 g/mol. The molecule has 1 aromatic carbocycles. The second-order valence-electron chi connectivity index (χ2n) is 6.00. The second-order valence-corrected chi connectivity index (χ2v) is 7.89. The van der Waals surface area contributed by atoms with Gasteiger partial charge in [0, 0.05) is 26.8 Å². The van der Waals surface area contributed by atoms with E-state index in [1.165, 1.54) is 30.4 Å². The summed E-state index contributed by atoms with van der Waals surface area (Å²) < 4.78 is 18.7. The summed E-state index contributed by atoms with van der Waals surface area (Å²) in [4.78, 5) is 38.1. The minimum absolute atomic E-state index is 0.00397. The van der Waals surface area contributed by atoms with Crippen LogP contribution in [0.4, 0.5) is 10.1 Å². The standard InChI is InChI=1S/C19H19ClFNO4S/c1-10-8-14(12(3)27-10)17(23)6-7-18(24)26-11(2)19(25)22-16-5-4-13(20)9-15(16)21/h4-5,8-9,11H,6-7H2,1-3H3,(H,22,25). The van der Waals surface area contributed by atoms with Gasteiger partial charge < -0.3 is 10.1 Å². The number of rotatable bonds is 7. The van der Waals surface area contributed by atoms with Crippen molar-refractivity contribution in [3.8, 4) is 0 Å². The van der Waals surface area contributed by atoms with Gasteiger partial charge in [-0.2, -0.15) is 0 Å². The van der Waals surface area contributed by atoms with Crippen LogP contribution >= 0.6 is 22.9 Å². The predicted octanol–water partition coefficient (Wildman–Crippen LogP) is 4.69. The molecule has 5 nitrogen and oxygen atoms in total. The Hall–Kier alpha value is -2.25. The summed E-state index contributed by atoms with van der Waals surface area (Å²) in [6, 6.07) is 5.60. The average molecular weight is 412 g/mol. The summed E-state index contributed by atoms with van der Waals surface area (Å²) in [5, 5.41) is 2.53. The van der Waals surface area contributed by atoms with E-state index in [1.54, 1.807) is 6.07 Å². The van der Waals surface area contributed by atoms with E-state index in [1.807, 2.05) is 13.8 Å². The molecule has 1 heterocycles. The van der Waals surface area contributed by atoms with Gasteiger partial charge in [-0.3, -0.25) is 14.4 Å². The highest BCUT2D eigenvalue weighted by Gasteiger charge is 2.20. The molecule has 1 aromatic heterocycles. The number of halogens is 2.